The molecule has 138 valence electrons. The van der Waals surface area contributed by atoms with Gasteiger partial charge < -0.3 is 15.3 Å². The summed E-state index contributed by atoms with van der Waals surface area (Å²) in [6.07, 6.45) is 0.466. The van der Waals surface area contributed by atoms with E-state index < -0.39 is 11.8 Å². The Labute approximate surface area is 168 Å². The first-order valence-electron chi connectivity index (χ1n) is 7.95. The number of carbonyl (C=O) groups is 2. The normalized spacial score (nSPS) is 16.2. The monoisotopic (exact) mass is 488 g/mol. The lowest BCUT2D eigenvalue weighted by atomic mass is 9.85. The van der Waals surface area contributed by atoms with Crippen LogP contribution in [0.1, 0.15) is 39.4 Å². The summed E-state index contributed by atoms with van der Waals surface area (Å²) in [5.41, 5.74) is 0.506. The van der Waals surface area contributed by atoms with Crippen LogP contribution in [-0.2, 0) is 6.42 Å². The van der Waals surface area contributed by atoms with Crippen molar-refractivity contribution in [1.29, 1.82) is 0 Å². The number of fused-ring (bicyclic) bond motifs is 1. The lowest BCUT2D eigenvalue weighted by Gasteiger charge is -2.27. The third-order valence-corrected chi connectivity index (χ3v) is 6.07. The Hall–Kier alpha value is -1.68. The van der Waals surface area contributed by atoms with Crippen LogP contribution in [0.2, 0.25) is 0 Å². The number of thiophene rings is 1. The number of hydrogen-bond acceptors (Lipinski definition) is 4. The number of hydrogen-bond donors (Lipinski definition) is 2. The van der Waals surface area contributed by atoms with Crippen LogP contribution >= 0.6 is 33.9 Å². The molecule has 0 saturated heterocycles. The average molecular weight is 488 g/mol. The van der Waals surface area contributed by atoms with Gasteiger partial charge in [0.15, 0.2) is 0 Å². The molecule has 0 bridgehead atoms. The lowest BCUT2D eigenvalue weighted by Crippen LogP contribution is -2.33. The smallest absolute Gasteiger partial charge is 0.339 e. The van der Waals surface area contributed by atoms with Crippen molar-refractivity contribution in [2.24, 2.45) is 5.41 Å². The molecule has 1 aromatic carbocycles. The molecule has 2 aromatic rings. The van der Waals surface area contributed by atoms with Crippen LogP contribution in [0.15, 0.2) is 18.2 Å². The molecule has 3 rings (SSSR count). The third-order valence-electron chi connectivity index (χ3n) is 4.26. The fourth-order valence-electron chi connectivity index (χ4n) is 3.26. The zero-order valence-electron chi connectivity index (χ0n) is 14.5. The lowest BCUT2D eigenvalue weighted by molar-refractivity contribution is 0.0695. The molecule has 8 heteroatoms. The first-order valence-corrected chi connectivity index (χ1v) is 9.85. The van der Waals surface area contributed by atoms with E-state index in [-0.39, 0.29) is 27.6 Å². The van der Waals surface area contributed by atoms with Crippen molar-refractivity contribution < 1.29 is 19.1 Å². The van der Waals surface area contributed by atoms with Gasteiger partial charge in [-0.2, -0.15) is 0 Å². The summed E-state index contributed by atoms with van der Waals surface area (Å²) in [4.78, 5) is 26.7. The Morgan fingerprint density at radius 2 is 2.12 bits per heavy atom. The molecule has 0 fully saturated rings. The summed E-state index contributed by atoms with van der Waals surface area (Å²) in [6, 6.07) is 4.66. The maximum Gasteiger partial charge on any atom is 0.339 e. The highest BCUT2D eigenvalue weighted by molar-refractivity contribution is 14.1. The van der Waals surface area contributed by atoms with Crippen molar-refractivity contribution in [3.63, 3.8) is 0 Å². The number of aromatic carboxylic acids is 1. The number of amides is 1. The van der Waals surface area contributed by atoms with Crippen LogP contribution in [0.5, 0.6) is 0 Å². The number of rotatable bonds is 3. The molecule has 0 spiro atoms. The van der Waals surface area contributed by atoms with E-state index in [4.69, 9.17) is 0 Å². The van der Waals surface area contributed by atoms with E-state index in [0.29, 0.717) is 23.4 Å². The Morgan fingerprint density at radius 1 is 1.42 bits per heavy atom. The number of benzene rings is 1. The summed E-state index contributed by atoms with van der Waals surface area (Å²) in [5, 5.41) is 12.9. The largest absolute Gasteiger partial charge is 0.478 e. The van der Waals surface area contributed by atoms with Gasteiger partial charge in [0.1, 0.15) is 10.8 Å². The van der Waals surface area contributed by atoms with Crippen molar-refractivity contribution in [2.45, 2.75) is 20.3 Å². The second kappa shape index (κ2) is 6.80. The maximum absolute atomic E-state index is 14.2. The minimum absolute atomic E-state index is 0.0553. The van der Waals surface area contributed by atoms with Crippen LogP contribution in [0.25, 0.3) is 0 Å². The topological polar surface area (TPSA) is 69.6 Å². The second-order valence-electron chi connectivity index (χ2n) is 7.17. The zero-order chi connectivity index (χ0) is 19.2. The van der Waals surface area contributed by atoms with Gasteiger partial charge in [0.05, 0.1) is 16.1 Å². The average Bonchev–Trinajstić information content (AvgIpc) is 2.82. The van der Waals surface area contributed by atoms with Gasteiger partial charge in [-0.05, 0) is 58.2 Å². The maximum atomic E-state index is 14.2. The van der Waals surface area contributed by atoms with Crippen molar-refractivity contribution in [3.05, 3.63) is 43.6 Å². The van der Waals surface area contributed by atoms with E-state index in [1.165, 1.54) is 6.07 Å². The van der Waals surface area contributed by atoms with Crippen molar-refractivity contribution in [1.82, 2.24) is 4.90 Å². The highest BCUT2D eigenvalue weighted by Gasteiger charge is 2.36. The predicted octanol–water partition coefficient (Wildman–Crippen LogP) is 4.59. The first kappa shape index (κ1) is 19.1. The van der Waals surface area contributed by atoms with E-state index in [2.05, 4.69) is 5.32 Å². The van der Waals surface area contributed by atoms with Crippen molar-refractivity contribution in [2.75, 3.05) is 18.9 Å². The number of nitrogens with zero attached hydrogens (tertiary/aromatic N) is 1. The molecule has 1 aliphatic heterocycles. The molecule has 0 atom stereocenters. The quantitative estimate of drug-likeness (QED) is 0.621. The number of nitrogens with one attached hydrogen (secondary N) is 1. The van der Waals surface area contributed by atoms with Gasteiger partial charge >= 0.3 is 5.97 Å². The molecule has 5 nitrogen and oxygen atoms in total. The van der Waals surface area contributed by atoms with Crippen LogP contribution in [0.3, 0.4) is 0 Å². The van der Waals surface area contributed by atoms with Gasteiger partial charge in [-0.25, -0.2) is 9.18 Å². The van der Waals surface area contributed by atoms with Crippen molar-refractivity contribution >= 4 is 56.5 Å². The SMILES string of the molecule is CN1CC(C)(C)Cc2c(sc(Nc3ccc(I)cc3F)c2C(=O)O)C1=O. The standard InChI is InChI=1S/C18H18FIN2O3S/c1-18(2)7-10-13(17(24)25)15(26-14(10)16(23)22(3)8-18)21-12-5-4-9(20)6-11(12)19/h4-6,21H,7-8H2,1-3H3,(H,24,25). The molecular formula is C18H18FIN2O3S. The molecule has 0 aliphatic carbocycles. The predicted molar refractivity (Wildman–Crippen MR) is 108 cm³/mol. The highest BCUT2D eigenvalue weighted by atomic mass is 127. The first-order chi connectivity index (χ1) is 12.1. The number of carbonyl (C=O) groups excluding carboxylic acids is 1. The van der Waals surface area contributed by atoms with Crippen LogP contribution < -0.4 is 5.32 Å². The molecule has 26 heavy (non-hydrogen) atoms. The number of carboxylic acids is 1. The molecule has 0 unspecified atom stereocenters. The van der Waals surface area contributed by atoms with Gasteiger partial charge in [-0.1, -0.05) is 13.8 Å². The van der Waals surface area contributed by atoms with E-state index >= 15 is 0 Å². The number of anilines is 2. The molecule has 1 amide bonds. The third kappa shape index (κ3) is 3.57. The second-order valence-corrected chi connectivity index (χ2v) is 9.44. The van der Waals surface area contributed by atoms with Gasteiger partial charge in [0.2, 0.25) is 0 Å². The Balaban J connectivity index is 2.13. The minimum Gasteiger partial charge on any atom is -0.478 e. The molecule has 2 heterocycles. The fourth-order valence-corrected chi connectivity index (χ4v) is 4.93. The fraction of sp³-hybridized carbons (Fsp3) is 0.333. The molecule has 1 aliphatic rings. The van der Waals surface area contributed by atoms with Crippen LogP contribution in [0, 0.1) is 14.8 Å². The van der Waals surface area contributed by atoms with E-state index in [1.54, 1.807) is 24.1 Å². The van der Waals surface area contributed by atoms with E-state index in [1.807, 2.05) is 36.4 Å². The summed E-state index contributed by atoms with van der Waals surface area (Å²) < 4.78 is 14.9. The Kier molecular flexibility index (Phi) is 5.00. The molecule has 1 aromatic heterocycles. The molecule has 2 N–H and O–H groups in total. The molecule has 0 saturated carbocycles. The summed E-state index contributed by atoms with van der Waals surface area (Å²) >= 11 is 3.08. The van der Waals surface area contributed by atoms with Gasteiger partial charge in [0, 0.05) is 17.2 Å². The van der Waals surface area contributed by atoms with Gasteiger partial charge in [-0.15, -0.1) is 11.3 Å². The van der Waals surface area contributed by atoms with Crippen LogP contribution in [0.4, 0.5) is 15.1 Å². The zero-order valence-corrected chi connectivity index (χ0v) is 17.5. The van der Waals surface area contributed by atoms with Crippen LogP contribution in [-0.4, -0.2) is 35.5 Å². The van der Waals surface area contributed by atoms with Crippen molar-refractivity contribution in [3.8, 4) is 0 Å². The van der Waals surface area contributed by atoms with E-state index in [9.17, 15) is 19.1 Å². The number of halogens is 2. The Morgan fingerprint density at radius 3 is 2.73 bits per heavy atom. The van der Waals surface area contributed by atoms with Gasteiger partial charge in [-0.3, -0.25) is 4.79 Å². The van der Waals surface area contributed by atoms with Gasteiger partial charge in [0.25, 0.3) is 5.91 Å². The summed E-state index contributed by atoms with van der Waals surface area (Å²) in [5.74, 6) is -1.79. The van der Waals surface area contributed by atoms with E-state index in [0.717, 1.165) is 14.9 Å². The molecular weight excluding hydrogens is 470 g/mol. The Bertz CT molecular complexity index is 910. The molecule has 0 radical (unpaired) electrons. The summed E-state index contributed by atoms with van der Waals surface area (Å²) in [7, 11) is 1.71. The summed E-state index contributed by atoms with van der Waals surface area (Å²) in [6.45, 7) is 4.54. The highest BCUT2D eigenvalue weighted by Crippen LogP contribution is 2.41. The number of carboxylic acid groups (broad SMARTS) is 1. The minimum atomic E-state index is -1.12.